The van der Waals surface area contributed by atoms with Crippen molar-refractivity contribution in [2.75, 3.05) is 19.6 Å². The van der Waals surface area contributed by atoms with E-state index in [4.69, 9.17) is 4.98 Å². The van der Waals surface area contributed by atoms with Gasteiger partial charge in [0.1, 0.15) is 0 Å². The van der Waals surface area contributed by atoms with Gasteiger partial charge in [-0.3, -0.25) is 14.6 Å². The Balaban J connectivity index is 1.54. The van der Waals surface area contributed by atoms with Crippen LogP contribution in [0.25, 0.3) is 10.9 Å². The lowest BCUT2D eigenvalue weighted by Gasteiger charge is -2.17. The van der Waals surface area contributed by atoms with Crippen LogP contribution in [0.15, 0.2) is 35.7 Å². The molecule has 2 amide bonds. The highest BCUT2D eigenvalue weighted by Crippen LogP contribution is 2.30. The highest BCUT2D eigenvalue weighted by Gasteiger charge is 2.29. The first-order valence-electron chi connectivity index (χ1n) is 10.8. The fourth-order valence-corrected chi connectivity index (χ4v) is 4.58. The van der Waals surface area contributed by atoms with Crippen LogP contribution in [0.3, 0.4) is 0 Å². The second-order valence-electron chi connectivity index (χ2n) is 8.58. The van der Waals surface area contributed by atoms with Crippen LogP contribution in [0.4, 0.5) is 0 Å². The van der Waals surface area contributed by atoms with Crippen LogP contribution in [0.5, 0.6) is 0 Å². The zero-order chi connectivity index (χ0) is 22.0. The van der Waals surface area contributed by atoms with Crippen molar-refractivity contribution < 1.29 is 9.59 Å². The fourth-order valence-electron chi connectivity index (χ4n) is 3.97. The number of carbonyl (C=O) groups is 2. The standard InChI is InChI=1S/C24H28N4O2S/c1-15(2)12-25-24(30)20-11-22(27-21-7-5-4-6-19(20)21)17-8-9-28(13-17)23(29)10-18-14-31-16(3)26-18/h4-7,11,14-15,17H,8-10,12-13H2,1-3H3,(H,25,30)/t17-/m1/s1. The number of thiazole rings is 1. The zero-order valence-corrected chi connectivity index (χ0v) is 19.0. The van der Waals surface area contributed by atoms with Gasteiger partial charge in [-0.15, -0.1) is 11.3 Å². The third-order valence-corrected chi connectivity index (χ3v) is 6.43. The predicted molar refractivity (Wildman–Crippen MR) is 123 cm³/mol. The molecule has 31 heavy (non-hydrogen) atoms. The summed E-state index contributed by atoms with van der Waals surface area (Å²) in [6.07, 6.45) is 1.19. The lowest BCUT2D eigenvalue weighted by Crippen LogP contribution is -2.30. The molecule has 1 aromatic carbocycles. The van der Waals surface area contributed by atoms with E-state index in [1.807, 2.05) is 47.5 Å². The quantitative estimate of drug-likeness (QED) is 0.635. The lowest BCUT2D eigenvalue weighted by atomic mass is 9.99. The third-order valence-electron chi connectivity index (χ3n) is 5.61. The van der Waals surface area contributed by atoms with E-state index in [0.717, 1.165) is 33.7 Å². The van der Waals surface area contributed by atoms with Crippen molar-refractivity contribution in [3.63, 3.8) is 0 Å². The molecule has 0 aliphatic carbocycles. The summed E-state index contributed by atoms with van der Waals surface area (Å²) in [7, 11) is 0. The average molecular weight is 437 g/mol. The van der Waals surface area contributed by atoms with Gasteiger partial charge in [-0.1, -0.05) is 32.0 Å². The van der Waals surface area contributed by atoms with Gasteiger partial charge in [0.15, 0.2) is 0 Å². The van der Waals surface area contributed by atoms with Crippen molar-refractivity contribution in [3.05, 3.63) is 57.7 Å². The van der Waals surface area contributed by atoms with Gasteiger partial charge in [-0.25, -0.2) is 4.98 Å². The Morgan fingerprint density at radius 3 is 2.81 bits per heavy atom. The Morgan fingerprint density at radius 2 is 2.06 bits per heavy atom. The number of para-hydroxylation sites is 1. The number of carbonyl (C=O) groups excluding carboxylic acids is 2. The second kappa shape index (κ2) is 9.14. The Morgan fingerprint density at radius 1 is 1.26 bits per heavy atom. The maximum Gasteiger partial charge on any atom is 0.252 e. The molecule has 0 spiro atoms. The Hall–Kier alpha value is -2.80. The Kier molecular flexibility index (Phi) is 6.32. The van der Waals surface area contributed by atoms with E-state index in [0.29, 0.717) is 37.5 Å². The summed E-state index contributed by atoms with van der Waals surface area (Å²) in [6.45, 7) is 8.06. The minimum absolute atomic E-state index is 0.0709. The number of nitrogens with zero attached hydrogens (tertiary/aromatic N) is 3. The minimum atomic E-state index is -0.0709. The number of pyridine rings is 1. The number of benzene rings is 1. The maximum atomic E-state index is 12.9. The molecule has 3 aromatic rings. The maximum absolute atomic E-state index is 12.9. The first kappa shape index (κ1) is 21.4. The van der Waals surface area contributed by atoms with Gasteiger partial charge in [0, 0.05) is 42.0 Å². The van der Waals surface area contributed by atoms with Crippen molar-refractivity contribution >= 4 is 34.1 Å². The molecule has 0 unspecified atom stereocenters. The van der Waals surface area contributed by atoms with Crippen molar-refractivity contribution in [1.82, 2.24) is 20.2 Å². The van der Waals surface area contributed by atoms with Crippen LogP contribution in [-0.4, -0.2) is 46.3 Å². The van der Waals surface area contributed by atoms with Crippen LogP contribution in [0.2, 0.25) is 0 Å². The normalized spacial score (nSPS) is 16.3. The number of likely N-dealkylation sites (tertiary alicyclic amines) is 1. The lowest BCUT2D eigenvalue weighted by molar-refractivity contribution is -0.129. The van der Waals surface area contributed by atoms with Crippen LogP contribution >= 0.6 is 11.3 Å². The first-order chi connectivity index (χ1) is 14.9. The summed E-state index contributed by atoms with van der Waals surface area (Å²) < 4.78 is 0. The summed E-state index contributed by atoms with van der Waals surface area (Å²) in [5.41, 5.74) is 3.19. The molecule has 1 atom stereocenters. The van der Waals surface area contributed by atoms with Crippen molar-refractivity contribution in [2.24, 2.45) is 5.92 Å². The molecule has 0 saturated carbocycles. The molecule has 1 aliphatic heterocycles. The van der Waals surface area contributed by atoms with Gasteiger partial charge >= 0.3 is 0 Å². The van der Waals surface area contributed by atoms with E-state index in [9.17, 15) is 9.59 Å². The van der Waals surface area contributed by atoms with Crippen LogP contribution in [0, 0.1) is 12.8 Å². The molecule has 3 heterocycles. The highest BCUT2D eigenvalue weighted by molar-refractivity contribution is 7.09. The predicted octanol–water partition coefficient (Wildman–Crippen LogP) is 3.94. The number of hydrogen-bond donors (Lipinski definition) is 1. The molecule has 1 fully saturated rings. The molecule has 1 aliphatic rings. The Bertz CT molecular complexity index is 1110. The van der Waals surface area contributed by atoms with Crippen LogP contribution < -0.4 is 5.32 Å². The summed E-state index contributed by atoms with van der Waals surface area (Å²) in [5.74, 6) is 0.539. The molecular formula is C24H28N4O2S. The fraction of sp³-hybridized carbons (Fsp3) is 0.417. The molecular weight excluding hydrogens is 408 g/mol. The molecule has 2 aromatic heterocycles. The highest BCUT2D eigenvalue weighted by atomic mass is 32.1. The molecule has 6 nitrogen and oxygen atoms in total. The average Bonchev–Trinajstić information content (AvgIpc) is 3.40. The number of amides is 2. The smallest absolute Gasteiger partial charge is 0.252 e. The monoisotopic (exact) mass is 436 g/mol. The number of aryl methyl sites for hydroxylation is 1. The summed E-state index contributed by atoms with van der Waals surface area (Å²) >= 11 is 1.57. The second-order valence-corrected chi connectivity index (χ2v) is 9.64. The van der Waals surface area contributed by atoms with Gasteiger partial charge in [0.05, 0.1) is 28.2 Å². The topological polar surface area (TPSA) is 75.2 Å². The molecule has 0 radical (unpaired) electrons. The molecule has 1 N–H and O–H groups in total. The first-order valence-corrected chi connectivity index (χ1v) is 11.7. The largest absolute Gasteiger partial charge is 0.352 e. The van der Waals surface area contributed by atoms with Gasteiger partial charge in [0.2, 0.25) is 5.91 Å². The minimum Gasteiger partial charge on any atom is -0.352 e. The van der Waals surface area contributed by atoms with Gasteiger partial charge in [0.25, 0.3) is 5.91 Å². The number of aromatic nitrogens is 2. The Labute approximate surface area is 186 Å². The summed E-state index contributed by atoms with van der Waals surface area (Å²) in [6, 6.07) is 9.67. The third kappa shape index (κ3) is 4.93. The molecule has 4 rings (SSSR count). The van der Waals surface area contributed by atoms with Crippen LogP contribution in [-0.2, 0) is 11.2 Å². The van der Waals surface area contributed by atoms with Gasteiger partial charge in [-0.2, -0.15) is 0 Å². The van der Waals surface area contributed by atoms with E-state index >= 15 is 0 Å². The van der Waals surface area contributed by atoms with Crippen LogP contribution in [0.1, 0.15) is 52.9 Å². The van der Waals surface area contributed by atoms with Gasteiger partial charge in [-0.05, 0) is 31.4 Å². The van der Waals surface area contributed by atoms with E-state index in [1.165, 1.54) is 0 Å². The van der Waals surface area contributed by atoms with Crippen molar-refractivity contribution in [2.45, 2.75) is 39.5 Å². The van der Waals surface area contributed by atoms with E-state index in [-0.39, 0.29) is 17.7 Å². The molecule has 162 valence electrons. The zero-order valence-electron chi connectivity index (χ0n) is 18.2. The molecule has 0 bridgehead atoms. The number of nitrogens with one attached hydrogen (secondary N) is 1. The van der Waals surface area contributed by atoms with E-state index < -0.39 is 0 Å². The van der Waals surface area contributed by atoms with E-state index in [1.54, 1.807) is 11.3 Å². The number of fused-ring (bicyclic) bond motifs is 1. The number of hydrogen-bond acceptors (Lipinski definition) is 5. The van der Waals surface area contributed by atoms with E-state index in [2.05, 4.69) is 24.1 Å². The summed E-state index contributed by atoms with van der Waals surface area (Å²) in [5, 5.41) is 6.82. The van der Waals surface area contributed by atoms with Crippen molar-refractivity contribution in [3.8, 4) is 0 Å². The molecule has 1 saturated heterocycles. The SMILES string of the molecule is Cc1nc(CC(=O)N2CC[C@@H](c3cc(C(=O)NCC(C)C)c4ccccc4n3)C2)cs1. The summed E-state index contributed by atoms with van der Waals surface area (Å²) in [4.78, 5) is 36.8. The number of rotatable bonds is 6. The van der Waals surface area contributed by atoms with Crippen molar-refractivity contribution in [1.29, 1.82) is 0 Å². The van der Waals surface area contributed by atoms with Gasteiger partial charge < -0.3 is 10.2 Å². The molecule has 7 heteroatoms.